The number of aliphatic carboxylic acids is 1. The molecule has 46 heavy (non-hydrogen) atoms. The third-order valence-corrected chi connectivity index (χ3v) is 9.09. The van der Waals surface area contributed by atoms with Crippen LogP contribution in [0.15, 0.2) is 4.99 Å². The number of rotatable bonds is 34. The highest BCUT2D eigenvalue weighted by molar-refractivity contribution is 5.75. The number of nitrogens with zero attached hydrogens (tertiary/aromatic N) is 2. The lowest BCUT2D eigenvalue weighted by Gasteiger charge is -2.34. The standard InChI is InChI=1S/C36H74N4O6/c1-3-5-7-9-11-13-15-17-19-21-25-31(41)33(43)28-40(30(35(45)46)24-23-27-39-36(37)38)29-34(44)32(42)26-22-20-18-16-14-12-10-8-6-4-2/h30-34,41-44H,3-29H2,1-2H3,(H,45,46)(H4,37,38,39)/t30-,31?,32?,33?,34?/m0/s1. The number of guanidine groups is 1. The molecular weight excluding hydrogens is 584 g/mol. The van der Waals surface area contributed by atoms with Crippen LogP contribution in [0.1, 0.15) is 168 Å². The number of aliphatic hydroxyl groups is 4. The van der Waals surface area contributed by atoms with E-state index >= 15 is 0 Å². The zero-order valence-electron chi connectivity index (χ0n) is 29.7. The summed E-state index contributed by atoms with van der Waals surface area (Å²) in [5, 5.41) is 53.2. The van der Waals surface area contributed by atoms with Crippen LogP contribution in [0, 0.1) is 0 Å². The van der Waals surface area contributed by atoms with E-state index in [2.05, 4.69) is 18.8 Å². The molecule has 4 unspecified atom stereocenters. The quantitative estimate of drug-likeness (QED) is 0.0253. The molecule has 0 aromatic carbocycles. The maximum Gasteiger partial charge on any atom is 0.320 e. The van der Waals surface area contributed by atoms with Gasteiger partial charge in [-0.05, 0) is 25.7 Å². The molecule has 0 spiro atoms. The predicted molar refractivity (Wildman–Crippen MR) is 190 cm³/mol. The number of carbonyl (C=O) groups is 1. The van der Waals surface area contributed by atoms with E-state index in [4.69, 9.17) is 11.5 Å². The van der Waals surface area contributed by atoms with Crippen molar-refractivity contribution in [3.63, 3.8) is 0 Å². The molecule has 0 bridgehead atoms. The zero-order valence-corrected chi connectivity index (χ0v) is 29.7. The van der Waals surface area contributed by atoms with Crippen molar-refractivity contribution >= 4 is 11.9 Å². The largest absolute Gasteiger partial charge is 0.480 e. The molecule has 10 nitrogen and oxygen atoms in total. The number of aliphatic imine (C=N–C) groups is 1. The second-order valence-corrected chi connectivity index (χ2v) is 13.5. The number of aliphatic hydroxyl groups excluding tert-OH is 4. The van der Waals surface area contributed by atoms with Crippen molar-refractivity contribution in [2.75, 3.05) is 19.6 Å². The molecule has 0 saturated heterocycles. The maximum absolute atomic E-state index is 12.3. The van der Waals surface area contributed by atoms with Gasteiger partial charge in [0.1, 0.15) is 6.04 Å². The summed E-state index contributed by atoms with van der Waals surface area (Å²) in [5.41, 5.74) is 10.8. The van der Waals surface area contributed by atoms with E-state index in [1.165, 1.54) is 94.8 Å². The first-order chi connectivity index (χ1) is 22.1. The summed E-state index contributed by atoms with van der Waals surface area (Å²) in [6, 6.07) is -1.03. The third-order valence-electron chi connectivity index (χ3n) is 9.09. The monoisotopic (exact) mass is 659 g/mol. The molecular formula is C36H74N4O6. The summed E-state index contributed by atoms with van der Waals surface area (Å²) in [6.07, 6.45) is 20.5. The fraction of sp³-hybridized carbons (Fsp3) is 0.944. The van der Waals surface area contributed by atoms with E-state index < -0.39 is 36.4 Å². The fourth-order valence-electron chi connectivity index (χ4n) is 6.07. The summed E-state index contributed by atoms with van der Waals surface area (Å²) in [5.74, 6) is -1.17. The molecule has 0 aliphatic heterocycles. The summed E-state index contributed by atoms with van der Waals surface area (Å²) in [6.45, 7) is 4.45. The van der Waals surface area contributed by atoms with Crippen LogP contribution >= 0.6 is 0 Å². The summed E-state index contributed by atoms with van der Waals surface area (Å²) in [7, 11) is 0. The Morgan fingerprint density at radius 3 is 1.22 bits per heavy atom. The Morgan fingerprint density at radius 1 is 0.543 bits per heavy atom. The van der Waals surface area contributed by atoms with Gasteiger partial charge in [-0.25, -0.2) is 0 Å². The highest BCUT2D eigenvalue weighted by Crippen LogP contribution is 2.18. The molecule has 0 aromatic rings. The summed E-state index contributed by atoms with van der Waals surface area (Å²) >= 11 is 0. The van der Waals surface area contributed by atoms with Crippen molar-refractivity contribution in [2.24, 2.45) is 16.5 Å². The maximum atomic E-state index is 12.3. The van der Waals surface area contributed by atoms with E-state index in [-0.39, 0.29) is 32.0 Å². The van der Waals surface area contributed by atoms with Crippen LogP contribution in [0.2, 0.25) is 0 Å². The molecule has 10 heteroatoms. The lowest BCUT2D eigenvalue weighted by molar-refractivity contribution is -0.146. The van der Waals surface area contributed by atoms with Crippen LogP contribution in [0.25, 0.3) is 0 Å². The Bertz CT molecular complexity index is 687. The summed E-state index contributed by atoms with van der Waals surface area (Å²) in [4.78, 5) is 17.7. The number of carboxylic acids is 1. The van der Waals surface area contributed by atoms with Crippen LogP contribution in [-0.2, 0) is 4.79 Å². The van der Waals surface area contributed by atoms with Crippen molar-refractivity contribution in [2.45, 2.75) is 198 Å². The second kappa shape index (κ2) is 30.8. The Morgan fingerprint density at radius 2 is 0.891 bits per heavy atom. The van der Waals surface area contributed by atoms with Crippen LogP contribution in [-0.4, -0.2) is 92.5 Å². The average molecular weight is 659 g/mol. The lowest BCUT2D eigenvalue weighted by Crippen LogP contribution is -2.52. The fourth-order valence-corrected chi connectivity index (χ4v) is 6.07. The number of hydrogen-bond acceptors (Lipinski definition) is 7. The number of unbranched alkanes of at least 4 members (excludes halogenated alkanes) is 18. The molecule has 0 aliphatic rings. The highest BCUT2D eigenvalue weighted by Gasteiger charge is 2.32. The molecule has 0 radical (unpaired) electrons. The van der Waals surface area contributed by atoms with Crippen LogP contribution < -0.4 is 11.5 Å². The van der Waals surface area contributed by atoms with Crippen molar-refractivity contribution < 1.29 is 30.3 Å². The topological polar surface area (TPSA) is 186 Å². The Labute approximate surface area is 281 Å². The third kappa shape index (κ3) is 25.6. The molecule has 274 valence electrons. The van der Waals surface area contributed by atoms with Crippen molar-refractivity contribution in [3.8, 4) is 0 Å². The molecule has 0 heterocycles. The van der Waals surface area contributed by atoms with Crippen LogP contribution in [0.3, 0.4) is 0 Å². The van der Waals surface area contributed by atoms with Gasteiger partial charge in [0.15, 0.2) is 5.96 Å². The van der Waals surface area contributed by atoms with E-state index in [1.807, 2.05) is 0 Å². The van der Waals surface area contributed by atoms with Crippen LogP contribution in [0.5, 0.6) is 0 Å². The average Bonchev–Trinajstić information content (AvgIpc) is 3.01. The van der Waals surface area contributed by atoms with Gasteiger partial charge in [0, 0.05) is 19.6 Å². The normalized spacial score (nSPS) is 15.0. The van der Waals surface area contributed by atoms with E-state index in [1.54, 1.807) is 0 Å². The van der Waals surface area contributed by atoms with Crippen molar-refractivity contribution in [3.05, 3.63) is 0 Å². The van der Waals surface area contributed by atoms with E-state index in [0.717, 1.165) is 38.5 Å². The zero-order chi connectivity index (χ0) is 34.4. The Hall–Kier alpha value is -1.46. The molecule has 5 atom stereocenters. The minimum Gasteiger partial charge on any atom is -0.480 e. The van der Waals surface area contributed by atoms with Gasteiger partial charge in [-0.1, -0.05) is 142 Å². The molecule has 9 N–H and O–H groups in total. The van der Waals surface area contributed by atoms with Gasteiger partial charge in [0.25, 0.3) is 0 Å². The van der Waals surface area contributed by atoms with Gasteiger partial charge in [-0.15, -0.1) is 0 Å². The van der Waals surface area contributed by atoms with Gasteiger partial charge in [-0.3, -0.25) is 14.7 Å². The second-order valence-electron chi connectivity index (χ2n) is 13.5. The van der Waals surface area contributed by atoms with Crippen LogP contribution in [0.4, 0.5) is 0 Å². The van der Waals surface area contributed by atoms with Gasteiger partial charge in [0.2, 0.25) is 0 Å². The SMILES string of the molecule is CCCCCCCCCCCCC(O)C(O)CN(CC(O)C(O)CCCCCCCCCCCC)[C@@H](CCCN=C(N)N)C(=O)O. The first-order valence-electron chi connectivity index (χ1n) is 18.9. The first kappa shape index (κ1) is 44.5. The van der Waals surface area contributed by atoms with E-state index in [0.29, 0.717) is 19.3 Å². The number of carboxylic acid groups (broad SMARTS) is 1. The molecule has 0 rings (SSSR count). The Balaban J connectivity index is 4.85. The minimum absolute atomic E-state index is 0.0697. The minimum atomic E-state index is -1.18. The molecule has 0 amide bonds. The summed E-state index contributed by atoms with van der Waals surface area (Å²) < 4.78 is 0. The van der Waals surface area contributed by atoms with Gasteiger partial charge >= 0.3 is 5.97 Å². The first-order valence-corrected chi connectivity index (χ1v) is 18.9. The van der Waals surface area contributed by atoms with Gasteiger partial charge in [0.05, 0.1) is 24.4 Å². The number of hydrogen-bond donors (Lipinski definition) is 7. The molecule has 0 aromatic heterocycles. The molecule has 0 saturated carbocycles. The smallest absolute Gasteiger partial charge is 0.320 e. The predicted octanol–water partition coefficient (Wildman–Crippen LogP) is 5.86. The highest BCUT2D eigenvalue weighted by atomic mass is 16.4. The van der Waals surface area contributed by atoms with Crippen molar-refractivity contribution in [1.82, 2.24) is 4.90 Å². The van der Waals surface area contributed by atoms with Crippen molar-refractivity contribution in [1.29, 1.82) is 0 Å². The number of nitrogens with two attached hydrogens (primary N) is 2. The van der Waals surface area contributed by atoms with Gasteiger partial charge in [-0.2, -0.15) is 0 Å². The molecule has 0 fully saturated rings. The Kier molecular flexibility index (Phi) is 29.9. The van der Waals surface area contributed by atoms with Gasteiger partial charge < -0.3 is 37.0 Å². The lowest BCUT2D eigenvalue weighted by atomic mass is 10.00. The molecule has 0 aliphatic carbocycles. The van der Waals surface area contributed by atoms with E-state index in [9.17, 15) is 30.3 Å².